The summed E-state index contributed by atoms with van der Waals surface area (Å²) in [5.41, 5.74) is -0.130. The third-order valence-corrected chi connectivity index (χ3v) is 0.794. The summed E-state index contributed by atoms with van der Waals surface area (Å²) in [7, 11) is 0. The molecule has 1 aromatic heterocycles. The van der Waals surface area contributed by atoms with Gasteiger partial charge in [0.05, 0.1) is 6.20 Å². The molecule has 0 aliphatic heterocycles. The standard InChI is InChI=1S/C3H4N4O2/c4-7-2(3(8)9)1-5-6-7/h1H,4H2,(H,8,9). The molecule has 6 nitrogen and oxygen atoms in total. The van der Waals surface area contributed by atoms with Crippen LogP contribution in [0.25, 0.3) is 0 Å². The van der Waals surface area contributed by atoms with E-state index in [1.165, 1.54) is 0 Å². The zero-order valence-corrected chi connectivity index (χ0v) is 4.35. The number of rotatable bonds is 1. The highest BCUT2D eigenvalue weighted by Gasteiger charge is 2.07. The van der Waals surface area contributed by atoms with Crippen LogP contribution in [-0.2, 0) is 0 Å². The van der Waals surface area contributed by atoms with Crippen molar-refractivity contribution in [3.63, 3.8) is 0 Å². The number of aromatic carboxylic acids is 1. The molecule has 0 saturated heterocycles. The van der Waals surface area contributed by atoms with Crippen LogP contribution in [0.15, 0.2) is 6.20 Å². The van der Waals surface area contributed by atoms with E-state index in [1.807, 2.05) is 0 Å². The van der Waals surface area contributed by atoms with Crippen molar-refractivity contribution in [2.75, 3.05) is 5.84 Å². The summed E-state index contributed by atoms with van der Waals surface area (Å²) in [5, 5.41) is 14.7. The first-order chi connectivity index (χ1) is 4.22. The molecule has 0 saturated carbocycles. The van der Waals surface area contributed by atoms with Crippen LogP contribution >= 0.6 is 0 Å². The summed E-state index contributed by atoms with van der Waals surface area (Å²) in [4.78, 5) is 10.8. The van der Waals surface area contributed by atoms with Gasteiger partial charge < -0.3 is 10.9 Å². The maximum absolute atomic E-state index is 10.1. The molecule has 48 valence electrons. The van der Waals surface area contributed by atoms with Crippen LogP contribution in [0.3, 0.4) is 0 Å². The zero-order chi connectivity index (χ0) is 6.85. The average molecular weight is 128 g/mol. The number of aromatic nitrogens is 3. The lowest BCUT2D eigenvalue weighted by Crippen LogP contribution is -2.17. The SMILES string of the molecule is Nn1nncc1C(=O)O. The Hall–Kier alpha value is -1.59. The summed E-state index contributed by atoms with van der Waals surface area (Å²) in [5.74, 6) is 3.87. The molecule has 0 aliphatic rings. The molecule has 1 rings (SSSR count). The average Bonchev–Trinajstić information content (AvgIpc) is 2.13. The minimum atomic E-state index is -1.14. The minimum absolute atomic E-state index is 0.130. The van der Waals surface area contributed by atoms with Crippen LogP contribution in [0, 0.1) is 0 Å². The van der Waals surface area contributed by atoms with E-state index in [0.29, 0.717) is 4.79 Å². The summed E-state index contributed by atoms with van der Waals surface area (Å²) in [6.07, 6.45) is 1.07. The predicted octanol–water partition coefficient (Wildman–Crippen LogP) is -1.31. The maximum Gasteiger partial charge on any atom is 0.358 e. The van der Waals surface area contributed by atoms with Crippen molar-refractivity contribution in [3.8, 4) is 0 Å². The van der Waals surface area contributed by atoms with Crippen LogP contribution in [0.2, 0.25) is 0 Å². The first-order valence-electron chi connectivity index (χ1n) is 2.11. The fraction of sp³-hybridized carbons (Fsp3) is 0. The normalized spacial score (nSPS) is 9.33. The molecule has 3 N–H and O–H groups in total. The Labute approximate surface area is 49.9 Å². The number of nitrogens with zero attached hydrogens (tertiary/aromatic N) is 3. The topological polar surface area (TPSA) is 94.0 Å². The van der Waals surface area contributed by atoms with Crippen molar-refractivity contribution in [3.05, 3.63) is 11.9 Å². The van der Waals surface area contributed by atoms with Gasteiger partial charge in [0.25, 0.3) is 0 Å². The van der Waals surface area contributed by atoms with E-state index in [9.17, 15) is 4.79 Å². The van der Waals surface area contributed by atoms with Crippen LogP contribution in [0.4, 0.5) is 0 Å². The van der Waals surface area contributed by atoms with E-state index in [4.69, 9.17) is 10.9 Å². The lowest BCUT2D eigenvalue weighted by Gasteiger charge is -1.88. The van der Waals surface area contributed by atoms with Crippen molar-refractivity contribution in [2.24, 2.45) is 0 Å². The fourth-order valence-electron chi connectivity index (χ4n) is 0.397. The van der Waals surface area contributed by atoms with Crippen LogP contribution in [-0.4, -0.2) is 26.2 Å². The second-order valence-electron chi connectivity index (χ2n) is 1.37. The maximum atomic E-state index is 10.1. The number of carboxylic acid groups (broad SMARTS) is 1. The third-order valence-electron chi connectivity index (χ3n) is 0.794. The molecule has 0 fully saturated rings. The lowest BCUT2D eigenvalue weighted by molar-refractivity contribution is 0.0686. The van der Waals surface area contributed by atoms with E-state index in [-0.39, 0.29) is 5.69 Å². The Bertz CT molecular complexity index is 229. The van der Waals surface area contributed by atoms with Crippen LogP contribution < -0.4 is 5.84 Å². The first kappa shape index (κ1) is 5.54. The van der Waals surface area contributed by atoms with E-state index < -0.39 is 5.97 Å². The predicted molar refractivity (Wildman–Crippen MR) is 27.1 cm³/mol. The number of nitrogen functional groups attached to an aromatic ring is 1. The summed E-state index contributed by atoms with van der Waals surface area (Å²) < 4.78 is 0. The molecule has 0 unspecified atom stereocenters. The molecular weight excluding hydrogens is 124 g/mol. The van der Waals surface area contributed by atoms with E-state index in [0.717, 1.165) is 6.20 Å². The number of carboxylic acids is 1. The highest BCUT2D eigenvalue weighted by molar-refractivity contribution is 5.85. The van der Waals surface area contributed by atoms with Gasteiger partial charge in [0.1, 0.15) is 0 Å². The Morgan fingerprint density at radius 3 is 2.78 bits per heavy atom. The summed E-state index contributed by atoms with van der Waals surface area (Å²) in [6.45, 7) is 0. The number of hydrogen-bond donors (Lipinski definition) is 2. The molecule has 0 atom stereocenters. The third kappa shape index (κ3) is 0.809. The molecule has 0 aromatic carbocycles. The largest absolute Gasteiger partial charge is 0.476 e. The van der Waals surface area contributed by atoms with E-state index >= 15 is 0 Å². The zero-order valence-electron chi connectivity index (χ0n) is 4.35. The monoisotopic (exact) mass is 128 g/mol. The number of nitrogens with two attached hydrogens (primary N) is 1. The first-order valence-corrected chi connectivity index (χ1v) is 2.11. The van der Waals surface area contributed by atoms with Gasteiger partial charge in [0.2, 0.25) is 0 Å². The minimum Gasteiger partial charge on any atom is -0.476 e. The smallest absolute Gasteiger partial charge is 0.358 e. The Morgan fingerprint density at radius 1 is 1.89 bits per heavy atom. The van der Waals surface area contributed by atoms with Crippen molar-refractivity contribution in [1.82, 2.24) is 15.1 Å². The van der Waals surface area contributed by atoms with Gasteiger partial charge in [0.15, 0.2) is 5.69 Å². The molecule has 0 amide bonds. The molecule has 0 radical (unpaired) electrons. The van der Waals surface area contributed by atoms with Gasteiger partial charge in [-0.05, 0) is 5.21 Å². The molecule has 1 heterocycles. The molecule has 6 heteroatoms. The Morgan fingerprint density at radius 2 is 2.56 bits per heavy atom. The number of hydrogen-bond acceptors (Lipinski definition) is 4. The van der Waals surface area contributed by atoms with Crippen LogP contribution in [0.1, 0.15) is 10.5 Å². The van der Waals surface area contributed by atoms with Gasteiger partial charge >= 0.3 is 5.97 Å². The quantitative estimate of drug-likeness (QED) is 0.458. The highest BCUT2D eigenvalue weighted by Crippen LogP contribution is 1.88. The van der Waals surface area contributed by atoms with Gasteiger partial charge in [-0.15, -0.1) is 5.10 Å². The second-order valence-corrected chi connectivity index (χ2v) is 1.37. The van der Waals surface area contributed by atoms with Crippen molar-refractivity contribution in [2.45, 2.75) is 0 Å². The molecular formula is C3H4N4O2. The van der Waals surface area contributed by atoms with Crippen molar-refractivity contribution < 1.29 is 9.90 Å². The van der Waals surface area contributed by atoms with Gasteiger partial charge in [-0.25, -0.2) is 4.79 Å². The molecule has 0 bridgehead atoms. The fourth-order valence-corrected chi connectivity index (χ4v) is 0.397. The lowest BCUT2D eigenvalue weighted by atomic mass is 10.5. The van der Waals surface area contributed by atoms with Crippen molar-refractivity contribution in [1.29, 1.82) is 0 Å². The van der Waals surface area contributed by atoms with E-state index in [2.05, 4.69) is 10.3 Å². The van der Waals surface area contributed by atoms with Gasteiger partial charge in [0, 0.05) is 0 Å². The van der Waals surface area contributed by atoms with Crippen LogP contribution in [0.5, 0.6) is 0 Å². The Balaban J connectivity index is 3.08. The van der Waals surface area contributed by atoms with E-state index in [1.54, 1.807) is 0 Å². The summed E-state index contributed by atoms with van der Waals surface area (Å²) in [6, 6.07) is 0. The summed E-state index contributed by atoms with van der Waals surface area (Å²) >= 11 is 0. The molecule has 0 spiro atoms. The van der Waals surface area contributed by atoms with Gasteiger partial charge in [-0.2, -0.15) is 4.79 Å². The molecule has 0 aliphatic carbocycles. The highest BCUT2D eigenvalue weighted by atomic mass is 16.4. The van der Waals surface area contributed by atoms with Gasteiger partial charge in [-0.3, -0.25) is 0 Å². The molecule has 1 aromatic rings. The van der Waals surface area contributed by atoms with Gasteiger partial charge in [-0.1, -0.05) is 0 Å². The Kier molecular flexibility index (Phi) is 1.07. The molecule has 9 heavy (non-hydrogen) atoms. The second kappa shape index (κ2) is 1.73. The van der Waals surface area contributed by atoms with Crippen molar-refractivity contribution >= 4 is 5.97 Å². The number of carbonyl (C=O) groups is 1.